The van der Waals surface area contributed by atoms with Crippen LogP contribution in [0.15, 0.2) is 60.0 Å². The Morgan fingerprint density at radius 1 is 1.25 bits per heavy atom. The van der Waals surface area contributed by atoms with Gasteiger partial charge in [0.1, 0.15) is 6.61 Å². The van der Waals surface area contributed by atoms with E-state index in [0.29, 0.717) is 31.3 Å². The highest BCUT2D eigenvalue weighted by Gasteiger charge is 2.27. The van der Waals surface area contributed by atoms with Gasteiger partial charge in [0.15, 0.2) is 21.3 Å². The summed E-state index contributed by atoms with van der Waals surface area (Å²) in [7, 11) is -2.01. The average Bonchev–Trinajstić information content (AvgIpc) is 3.29. The van der Waals surface area contributed by atoms with E-state index in [2.05, 4.69) is 6.58 Å². The van der Waals surface area contributed by atoms with Gasteiger partial charge in [-0.2, -0.15) is 0 Å². The second-order valence-electron chi connectivity index (χ2n) is 7.67. The molecule has 0 spiro atoms. The number of nitrogens with zero attached hydrogens (tertiary/aromatic N) is 1. The first-order chi connectivity index (χ1) is 15.3. The Hall–Kier alpha value is -2.84. The standard InChI is InChI=1S/C24H29NO6S/c1-4-13-31-21-12-11-18(15-22(21)29-2)16-25(17-19-8-7-14-30-19)24(26)20-9-5-6-10-23(20)32(3,27)28/h4-6,9-12,15,19H,1,7-8,13-14,16-17H2,2-3H3/t19-/m0/s1. The van der Waals surface area contributed by atoms with E-state index in [0.717, 1.165) is 24.7 Å². The minimum atomic E-state index is -3.56. The maximum absolute atomic E-state index is 13.5. The lowest BCUT2D eigenvalue weighted by Crippen LogP contribution is -2.37. The lowest BCUT2D eigenvalue weighted by atomic mass is 10.1. The third kappa shape index (κ3) is 5.89. The molecule has 0 aromatic heterocycles. The highest BCUT2D eigenvalue weighted by atomic mass is 32.2. The van der Waals surface area contributed by atoms with E-state index in [1.165, 1.54) is 6.07 Å². The van der Waals surface area contributed by atoms with Gasteiger partial charge < -0.3 is 19.1 Å². The summed E-state index contributed by atoms with van der Waals surface area (Å²) in [6.07, 6.45) is 4.47. The van der Waals surface area contributed by atoms with E-state index in [1.54, 1.807) is 42.4 Å². The Labute approximate surface area is 189 Å². The molecule has 8 heteroatoms. The lowest BCUT2D eigenvalue weighted by Gasteiger charge is -2.27. The fraction of sp³-hybridized carbons (Fsp3) is 0.375. The Balaban J connectivity index is 1.92. The van der Waals surface area contributed by atoms with Crippen molar-refractivity contribution in [2.45, 2.75) is 30.4 Å². The smallest absolute Gasteiger partial charge is 0.255 e. The van der Waals surface area contributed by atoms with Crippen LogP contribution in [-0.2, 0) is 21.1 Å². The predicted molar refractivity (Wildman–Crippen MR) is 122 cm³/mol. The zero-order valence-corrected chi connectivity index (χ0v) is 19.3. The highest BCUT2D eigenvalue weighted by molar-refractivity contribution is 7.90. The minimum absolute atomic E-state index is 0.0214. The summed E-state index contributed by atoms with van der Waals surface area (Å²) in [5.41, 5.74) is 0.988. The molecule has 0 radical (unpaired) electrons. The number of benzene rings is 2. The van der Waals surface area contributed by atoms with Crippen LogP contribution < -0.4 is 9.47 Å². The maximum atomic E-state index is 13.5. The summed E-state index contributed by atoms with van der Waals surface area (Å²) >= 11 is 0. The van der Waals surface area contributed by atoms with Crippen LogP contribution in [0.3, 0.4) is 0 Å². The van der Waals surface area contributed by atoms with E-state index >= 15 is 0 Å². The zero-order valence-electron chi connectivity index (χ0n) is 18.5. The SMILES string of the molecule is C=CCOc1ccc(CN(C[C@@H]2CCCO2)C(=O)c2ccccc2S(C)(=O)=O)cc1OC. The van der Waals surface area contributed by atoms with E-state index in [4.69, 9.17) is 14.2 Å². The van der Waals surface area contributed by atoms with Crippen molar-refractivity contribution in [3.05, 3.63) is 66.2 Å². The maximum Gasteiger partial charge on any atom is 0.255 e. The van der Waals surface area contributed by atoms with Gasteiger partial charge in [0.25, 0.3) is 5.91 Å². The molecule has 2 aromatic rings. The van der Waals surface area contributed by atoms with Crippen LogP contribution in [0.2, 0.25) is 0 Å². The van der Waals surface area contributed by atoms with Crippen molar-refractivity contribution in [1.82, 2.24) is 4.90 Å². The van der Waals surface area contributed by atoms with Crippen molar-refractivity contribution in [2.75, 3.05) is 33.1 Å². The molecule has 7 nitrogen and oxygen atoms in total. The normalized spacial score (nSPS) is 15.9. The van der Waals surface area contributed by atoms with Gasteiger partial charge in [0, 0.05) is 26.0 Å². The first-order valence-corrected chi connectivity index (χ1v) is 12.3. The number of ether oxygens (including phenoxy) is 3. The third-order valence-corrected chi connectivity index (χ3v) is 6.37. The van der Waals surface area contributed by atoms with Crippen molar-refractivity contribution in [1.29, 1.82) is 0 Å². The largest absolute Gasteiger partial charge is 0.493 e. The summed E-state index contributed by atoms with van der Waals surface area (Å²) in [4.78, 5) is 15.2. The van der Waals surface area contributed by atoms with Crippen LogP contribution in [0, 0.1) is 0 Å². The van der Waals surface area contributed by atoms with Crippen molar-refractivity contribution in [2.24, 2.45) is 0 Å². The second kappa shape index (κ2) is 10.7. The minimum Gasteiger partial charge on any atom is -0.493 e. The van der Waals surface area contributed by atoms with Crippen LogP contribution >= 0.6 is 0 Å². The fourth-order valence-corrected chi connectivity index (χ4v) is 4.57. The fourth-order valence-electron chi connectivity index (χ4n) is 3.69. The van der Waals surface area contributed by atoms with Gasteiger partial charge in [0.05, 0.1) is 23.7 Å². The number of hydrogen-bond donors (Lipinski definition) is 0. The van der Waals surface area contributed by atoms with Gasteiger partial charge in [-0.1, -0.05) is 30.9 Å². The van der Waals surface area contributed by atoms with Crippen LogP contribution in [0.25, 0.3) is 0 Å². The number of carbonyl (C=O) groups excluding carboxylic acids is 1. The molecule has 2 aromatic carbocycles. The van der Waals surface area contributed by atoms with Gasteiger partial charge in [-0.15, -0.1) is 0 Å². The summed E-state index contributed by atoms with van der Waals surface area (Å²) in [6.45, 7) is 5.30. The molecule has 1 amide bonds. The van der Waals surface area contributed by atoms with Gasteiger partial charge in [-0.3, -0.25) is 4.79 Å². The topological polar surface area (TPSA) is 82.1 Å². The van der Waals surface area contributed by atoms with Crippen LogP contribution in [-0.4, -0.2) is 58.5 Å². The molecular formula is C24H29NO6S. The Kier molecular flexibility index (Phi) is 7.93. The summed E-state index contributed by atoms with van der Waals surface area (Å²) < 4.78 is 41.3. The van der Waals surface area contributed by atoms with Crippen molar-refractivity contribution >= 4 is 15.7 Å². The van der Waals surface area contributed by atoms with Crippen molar-refractivity contribution in [3.8, 4) is 11.5 Å². The van der Waals surface area contributed by atoms with Crippen LogP contribution in [0.4, 0.5) is 0 Å². The zero-order chi connectivity index (χ0) is 23.1. The summed E-state index contributed by atoms with van der Waals surface area (Å²) in [5.74, 6) is 0.772. The Bertz CT molecular complexity index is 1060. The predicted octanol–water partition coefficient (Wildman–Crippen LogP) is 3.48. The van der Waals surface area contributed by atoms with Gasteiger partial charge in [-0.05, 0) is 42.7 Å². The quantitative estimate of drug-likeness (QED) is 0.506. The molecule has 32 heavy (non-hydrogen) atoms. The second-order valence-corrected chi connectivity index (χ2v) is 9.66. The number of hydrogen-bond acceptors (Lipinski definition) is 6. The third-order valence-electron chi connectivity index (χ3n) is 5.21. The number of methoxy groups -OCH3 is 1. The molecule has 0 bridgehead atoms. The Morgan fingerprint density at radius 3 is 2.69 bits per heavy atom. The molecule has 1 saturated heterocycles. The molecule has 1 heterocycles. The molecule has 1 aliphatic heterocycles. The molecule has 1 aliphatic rings. The number of amides is 1. The molecular weight excluding hydrogens is 430 g/mol. The molecule has 0 aliphatic carbocycles. The van der Waals surface area contributed by atoms with Crippen LogP contribution in [0.5, 0.6) is 11.5 Å². The van der Waals surface area contributed by atoms with Crippen LogP contribution in [0.1, 0.15) is 28.8 Å². The van der Waals surface area contributed by atoms with Crippen molar-refractivity contribution in [3.63, 3.8) is 0 Å². The first-order valence-electron chi connectivity index (χ1n) is 10.4. The molecule has 0 saturated carbocycles. The number of sulfone groups is 1. The monoisotopic (exact) mass is 459 g/mol. The Morgan fingerprint density at radius 2 is 2.03 bits per heavy atom. The molecule has 0 N–H and O–H groups in total. The van der Waals surface area contributed by atoms with Crippen molar-refractivity contribution < 1.29 is 27.4 Å². The highest BCUT2D eigenvalue weighted by Crippen LogP contribution is 2.29. The summed E-state index contributed by atoms with van der Waals surface area (Å²) in [5, 5.41) is 0. The van der Waals surface area contributed by atoms with E-state index in [-0.39, 0.29) is 29.0 Å². The van der Waals surface area contributed by atoms with Gasteiger partial charge >= 0.3 is 0 Å². The summed E-state index contributed by atoms with van der Waals surface area (Å²) in [6, 6.07) is 11.8. The first kappa shape index (κ1) is 23.8. The molecule has 172 valence electrons. The molecule has 3 rings (SSSR count). The molecule has 1 atom stereocenters. The average molecular weight is 460 g/mol. The lowest BCUT2D eigenvalue weighted by molar-refractivity contribution is 0.0504. The van der Waals surface area contributed by atoms with Gasteiger partial charge in [-0.25, -0.2) is 8.42 Å². The van der Waals surface area contributed by atoms with Gasteiger partial charge in [0.2, 0.25) is 0 Å². The molecule has 1 fully saturated rings. The van der Waals surface area contributed by atoms with E-state index < -0.39 is 9.84 Å². The molecule has 0 unspecified atom stereocenters. The van der Waals surface area contributed by atoms with E-state index in [1.807, 2.05) is 12.1 Å². The number of carbonyl (C=O) groups is 1. The number of rotatable bonds is 10. The van der Waals surface area contributed by atoms with E-state index in [9.17, 15) is 13.2 Å².